The number of hydrogen-bond donors (Lipinski definition) is 2. The van der Waals surface area contributed by atoms with E-state index in [9.17, 15) is 5.11 Å². The van der Waals surface area contributed by atoms with E-state index in [-0.39, 0.29) is 0 Å². The van der Waals surface area contributed by atoms with Crippen LogP contribution in [0.15, 0.2) is 18.2 Å². The van der Waals surface area contributed by atoms with Crippen molar-refractivity contribution in [2.24, 2.45) is 0 Å². The van der Waals surface area contributed by atoms with Crippen LogP contribution in [0.2, 0.25) is 0 Å². The van der Waals surface area contributed by atoms with Crippen LogP contribution < -0.4 is 5.32 Å². The van der Waals surface area contributed by atoms with Crippen molar-refractivity contribution in [2.75, 3.05) is 26.0 Å². The van der Waals surface area contributed by atoms with E-state index in [4.69, 9.17) is 0 Å². The molecule has 2 N–H and O–H groups in total. The van der Waals surface area contributed by atoms with Gasteiger partial charge in [0.25, 0.3) is 0 Å². The van der Waals surface area contributed by atoms with Gasteiger partial charge in [0.15, 0.2) is 0 Å². The number of phenols is 1. The molecular weight excluding hydrogens is 176 g/mol. The second-order valence-electron chi connectivity index (χ2n) is 4.01. The highest BCUT2D eigenvalue weighted by molar-refractivity contribution is 5.63. The van der Waals surface area contributed by atoms with Gasteiger partial charge in [-0.2, -0.15) is 0 Å². The molecule has 1 aromatic rings. The molecule has 0 saturated carbocycles. The van der Waals surface area contributed by atoms with Crippen LogP contribution in [0.4, 0.5) is 5.69 Å². The lowest BCUT2D eigenvalue weighted by Crippen LogP contribution is -2.39. The van der Waals surface area contributed by atoms with E-state index < -0.39 is 0 Å². The number of fused-ring (bicyclic) bond motifs is 1. The van der Waals surface area contributed by atoms with Crippen molar-refractivity contribution in [1.82, 2.24) is 4.90 Å². The Kier molecular flexibility index (Phi) is 2.33. The minimum Gasteiger partial charge on any atom is -0.506 e. The summed E-state index contributed by atoms with van der Waals surface area (Å²) in [6, 6.07) is 6.21. The Hall–Kier alpha value is -1.22. The van der Waals surface area contributed by atoms with Crippen molar-refractivity contribution in [3.8, 4) is 5.75 Å². The molecule has 14 heavy (non-hydrogen) atoms. The third-order valence-corrected chi connectivity index (χ3v) is 2.83. The van der Waals surface area contributed by atoms with Gasteiger partial charge in [-0.15, -0.1) is 0 Å². The van der Waals surface area contributed by atoms with E-state index in [2.05, 4.69) is 30.4 Å². The first-order chi connectivity index (χ1) is 6.68. The number of anilines is 1. The lowest BCUT2D eigenvalue weighted by atomic mass is 9.98. The molecule has 3 nitrogen and oxygen atoms in total. The zero-order chi connectivity index (χ0) is 10.1. The average Bonchev–Trinajstić information content (AvgIpc) is 2.17. The summed E-state index contributed by atoms with van der Waals surface area (Å²) in [5.74, 6) is 0.361. The number of nitrogens with one attached hydrogen (secondary N) is 1. The lowest BCUT2D eigenvalue weighted by molar-refractivity contribution is 0.298. The highest BCUT2D eigenvalue weighted by Crippen LogP contribution is 2.31. The highest BCUT2D eigenvalue weighted by atomic mass is 16.3. The Bertz CT molecular complexity index is 336. The summed E-state index contributed by atoms with van der Waals surface area (Å²) in [6.45, 7) is 0.900. The molecule has 76 valence electrons. The number of benzene rings is 1. The predicted molar refractivity (Wildman–Crippen MR) is 57.8 cm³/mol. The van der Waals surface area contributed by atoms with Crippen molar-refractivity contribution < 1.29 is 5.11 Å². The zero-order valence-corrected chi connectivity index (χ0v) is 8.62. The first-order valence-electron chi connectivity index (χ1n) is 4.89. The Morgan fingerprint density at radius 3 is 2.93 bits per heavy atom. The fraction of sp³-hybridized carbons (Fsp3) is 0.455. The van der Waals surface area contributed by atoms with Gasteiger partial charge < -0.3 is 15.3 Å². The minimum absolute atomic E-state index is 0.361. The van der Waals surface area contributed by atoms with Crippen molar-refractivity contribution in [3.63, 3.8) is 0 Å². The molecular formula is C11H16N2O. The second kappa shape index (κ2) is 3.50. The fourth-order valence-corrected chi connectivity index (χ4v) is 1.87. The summed E-state index contributed by atoms with van der Waals surface area (Å²) in [7, 11) is 4.17. The molecule has 0 saturated heterocycles. The normalized spacial score (nSPS) is 20.4. The van der Waals surface area contributed by atoms with E-state index in [0.29, 0.717) is 11.8 Å². The summed E-state index contributed by atoms with van der Waals surface area (Å²) in [6.07, 6.45) is 1.00. The summed E-state index contributed by atoms with van der Waals surface area (Å²) in [5, 5.41) is 12.9. The Morgan fingerprint density at radius 1 is 1.43 bits per heavy atom. The SMILES string of the molecule is CN(C)C1CNc2c(O)cccc2C1. The molecule has 0 fully saturated rings. The van der Waals surface area contributed by atoms with E-state index in [1.54, 1.807) is 6.07 Å². The highest BCUT2D eigenvalue weighted by Gasteiger charge is 2.21. The number of rotatable bonds is 1. The second-order valence-corrected chi connectivity index (χ2v) is 4.01. The molecule has 3 heteroatoms. The van der Waals surface area contributed by atoms with Crippen LogP contribution in [0.5, 0.6) is 5.75 Å². The van der Waals surface area contributed by atoms with Gasteiger partial charge >= 0.3 is 0 Å². The maximum Gasteiger partial charge on any atom is 0.138 e. The largest absolute Gasteiger partial charge is 0.506 e. The average molecular weight is 192 g/mol. The first-order valence-corrected chi connectivity index (χ1v) is 4.89. The Balaban J connectivity index is 2.27. The van der Waals surface area contributed by atoms with Crippen LogP contribution in [0, 0.1) is 0 Å². The molecule has 1 atom stereocenters. The predicted octanol–water partition coefficient (Wildman–Crippen LogP) is 1.29. The number of para-hydroxylation sites is 1. The van der Waals surface area contributed by atoms with Gasteiger partial charge in [-0.3, -0.25) is 0 Å². The zero-order valence-electron chi connectivity index (χ0n) is 8.62. The third kappa shape index (κ3) is 1.55. The molecule has 0 aromatic heterocycles. The van der Waals surface area contributed by atoms with Crippen LogP contribution in [0.1, 0.15) is 5.56 Å². The summed E-state index contributed by atoms with van der Waals surface area (Å²) < 4.78 is 0. The van der Waals surface area contributed by atoms with Crippen LogP contribution >= 0.6 is 0 Å². The van der Waals surface area contributed by atoms with Gasteiger partial charge in [0.2, 0.25) is 0 Å². The molecule has 1 aliphatic rings. The molecule has 1 aliphatic heterocycles. The van der Waals surface area contributed by atoms with Crippen LogP contribution in [0.25, 0.3) is 0 Å². The van der Waals surface area contributed by atoms with E-state index in [1.807, 2.05) is 6.07 Å². The first kappa shape index (κ1) is 9.34. The maximum absolute atomic E-state index is 9.61. The summed E-state index contributed by atoms with van der Waals surface area (Å²) >= 11 is 0. The number of aromatic hydroxyl groups is 1. The Labute approximate surface area is 84.4 Å². The molecule has 1 unspecified atom stereocenters. The van der Waals surface area contributed by atoms with Gasteiger partial charge in [-0.05, 0) is 32.1 Å². The molecule has 0 bridgehead atoms. The number of likely N-dealkylation sites (N-methyl/N-ethyl adjacent to an activating group) is 1. The van der Waals surface area contributed by atoms with Crippen molar-refractivity contribution in [3.05, 3.63) is 23.8 Å². The molecule has 0 amide bonds. The summed E-state index contributed by atoms with van der Waals surface area (Å²) in [5.41, 5.74) is 2.11. The minimum atomic E-state index is 0.361. The summed E-state index contributed by atoms with van der Waals surface area (Å²) in [4.78, 5) is 2.21. The molecule has 0 radical (unpaired) electrons. The standard InChI is InChI=1S/C11H16N2O/c1-13(2)9-6-8-4-3-5-10(14)11(8)12-7-9/h3-5,9,12,14H,6-7H2,1-2H3. The van der Waals surface area contributed by atoms with E-state index >= 15 is 0 Å². The number of hydrogen-bond acceptors (Lipinski definition) is 3. The van der Waals surface area contributed by atoms with Gasteiger partial charge in [0.05, 0.1) is 5.69 Å². The van der Waals surface area contributed by atoms with Crippen LogP contribution in [0.3, 0.4) is 0 Å². The molecule has 1 aromatic carbocycles. The molecule has 1 heterocycles. The smallest absolute Gasteiger partial charge is 0.138 e. The molecule has 0 aliphatic carbocycles. The molecule has 2 rings (SSSR count). The lowest BCUT2D eigenvalue weighted by Gasteiger charge is -2.31. The number of nitrogens with zero attached hydrogens (tertiary/aromatic N) is 1. The monoisotopic (exact) mass is 192 g/mol. The quantitative estimate of drug-likeness (QED) is 0.658. The van der Waals surface area contributed by atoms with Crippen molar-refractivity contribution >= 4 is 5.69 Å². The third-order valence-electron chi connectivity index (χ3n) is 2.83. The maximum atomic E-state index is 9.61. The number of phenolic OH excluding ortho intramolecular Hbond substituents is 1. The van der Waals surface area contributed by atoms with Crippen molar-refractivity contribution in [1.29, 1.82) is 0 Å². The fourth-order valence-electron chi connectivity index (χ4n) is 1.87. The van der Waals surface area contributed by atoms with Crippen LogP contribution in [-0.2, 0) is 6.42 Å². The van der Waals surface area contributed by atoms with Gasteiger partial charge in [0, 0.05) is 12.6 Å². The van der Waals surface area contributed by atoms with Gasteiger partial charge in [-0.1, -0.05) is 12.1 Å². The van der Waals surface area contributed by atoms with E-state index in [0.717, 1.165) is 18.7 Å². The molecule has 0 spiro atoms. The van der Waals surface area contributed by atoms with Crippen LogP contribution in [-0.4, -0.2) is 36.7 Å². The Morgan fingerprint density at radius 2 is 2.21 bits per heavy atom. The van der Waals surface area contributed by atoms with E-state index in [1.165, 1.54) is 5.56 Å². The topological polar surface area (TPSA) is 35.5 Å². The van der Waals surface area contributed by atoms with Gasteiger partial charge in [-0.25, -0.2) is 0 Å². The van der Waals surface area contributed by atoms with Crippen molar-refractivity contribution in [2.45, 2.75) is 12.5 Å². The van der Waals surface area contributed by atoms with Gasteiger partial charge in [0.1, 0.15) is 5.75 Å².